The average Bonchev–Trinajstić information content (AvgIpc) is 2.65. The minimum absolute atomic E-state index is 0.708. The van der Waals surface area contributed by atoms with Crippen LogP contribution in [0.25, 0.3) is 0 Å². The maximum Gasteiger partial charge on any atom is -0.00433 e. The summed E-state index contributed by atoms with van der Waals surface area (Å²) in [4.78, 5) is 0. The minimum Gasteiger partial charge on any atom is -0.330 e. The van der Waals surface area contributed by atoms with Gasteiger partial charge < -0.3 is 11.1 Å². The van der Waals surface area contributed by atoms with Crippen molar-refractivity contribution < 1.29 is 0 Å². The van der Waals surface area contributed by atoms with Gasteiger partial charge in [-0.1, -0.05) is 0 Å². The van der Waals surface area contributed by atoms with Crippen LogP contribution in [0.3, 0.4) is 0 Å². The third-order valence-electron chi connectivity index (χ3n) is 3.24. The van der Waals surface area contributed by atoms with Gasteiger partial charge in [0, 0.05) is 0 Å². The molecule has 2 heteroatoms. The maximum absolute atomic E-state index is 5.62. The molecular formula is C8H16N2. The van der Waals surface area contributed by atoms with Gasteiger partial charge in [0.15, 0.2) is 0 Å². The van der Waals surface area contributed by atoms with Crippen molar-refractivity contribution in [2.75, 3.05) is 19.6 Å². The van der Waals surface area contributed by atoms with E-state index in [0.29, 0.717) is 5.41 Å². The van der Waals surface area contributed by atoms with Gasteiger partial charge in [0.05, 0.1) is 0 Å². The summed E-state index contributed by atoms with van der Waals surface area (Å²) in [5.74, 6) is 0.870. The fourth-order valence-corrected chi connectivity index (χ4v) is 2.30. The SMILES string of the molecule is NC[C@H]1CC12CCNCC2. The van der Waals surface area contributed by atoms with Crippen LogP contribution in [0.2, 0.25) is 0 Å². The van der Waals surface area contributed by atoms with Crippen molar-refractivity contribution in [2.45, 2.75) is 19.3 Å². The van der Waals surface area contributed by atoms with Gasteiger partial charge in [-0.25, -0.2) is 0 Å². The Labute approximate surface area is 62.2 Å². The Bertz CT molecular complexity index is 127. The highest BCUT2D eigenvalue weighted by Gasteiger charge is 2.52. The molecule has 1 spiro atoms. The first-order chi connectivity index (χ1) is 4.87. The van der Waals surface area contributed by atoms with Crippen LogP contribution in [0, 0.1) is 11.3 Å². The number of nitrogens with one attached hydrogen (secondary N) is 1. The standard InChI is InChI=1S/C8H16N2/c9-6-7-5-8(7)1-3-10-4-2-8/h7,10H,1-6,9H2/t7-/m1/s1. The summed E-state index contributed by atoms with van der Waals surface area (Å²) in [6.07, 6.45) is 4.15. The van der Waals surface area contributed by atoms with Crippen molar-refractivity contribution in [2.24, 2.45) is 17.1 Å². The molecule has 1 aliphatic carbocycles. The quantitative estimate of drug-likeness (QED) is 0.551. The molecule has 1 saturated heterocycles. The van der Waals surface area contributed by atoms with Crippen molar-refractivity contribution in [3.63, 3.8) is 0 Å². The number of rotatable bonds is 1. The van der Waals surface area contributed by atoms with E-state index in [1.807, 2.05) is 0 Å². The Morgan fingerprint density at radius 2 is 2.10 bits per heavy atom. The van der Waals surface area contributed by atoms with Crippen LogP contribution >= 0.6 is 0 Å². The molecule has 1 heterocycles. The second kappa shape index (κ2) is 2.21. The lowest BCUT2D eigenvalue weighted by Gasteiger charge is -2.23. The van der Waals surface area contributed by atoms with Gasteiger partial charge in [0.2, 0.25) is 0 Å². The summed E-state index contributed by atoms with van der Waals surface area (Å²) in [7, 11) is 0. The largest absolute Gasteiger partial charge is 0.330 e. The second-order valence-electron chi connectivity index (χ2n) is 3.75. The van der Waals surface area contributed by atoms with Crippen molar-refractivity contribution >= 4 is 0 Å². The number of hydrogen-bond acceptors (Lipinski definition) is 2. The molecule has 58 valence electrons. The molecule has 1 atom stereocenters. The smallest absolute Gasteiger partial charge is 0.00433 e. The fourth-order valence-electron chi connectivity index (χ4n) is 2.30. The van der Waals surface area contributed by atoms with Crippen LogP contribution < -0.4 is 11.1 Å². The van der Waals surface area contributed by atoms with Crippen molar-refractivity contribution in [3.8, 4) is 0 Å². The zero-order chi connectivity index (χ0) is 7.03. The highest BCUT2D eigenvalue weighted by molar-refractivity contribution is 5.04. The zero-order valence-electron chi connectivity index (χ0n) is 6.40. The molecule has 0 radical (unpaired) electrons. The summed E-state index contributed by atoms with van der Waals surface area (Å²) in [5.41, 5.74) is 6.33. The van der Waals surface area contributed by atoms with E-state index < -0.39 is 0 Å². The lowest BCUT2D eigenvalue weighted by atomic mass is 9.92. The van der Waals surface area contributed by atoms with Crippen LogP contribution in [-0.4, -0.2) is 19.6 Å². The van der Waals surface area contributed by atoms with Gasteiger partial charge in [0.25, 0.3) is 0 Å². The van der Waals surface area contributed by atoms with E-state index in [-0.39, 0.29) is 0 Å². The topological polar surface area (TPSA) is 38.0 Å². The molecule has 2 aliphatic rings. The number of nitrogens with two attached hydrogens (primary N) is 1. The molecule has 0 unspecified atom stereocenters. The molecule has 2 rings (SSSR count). The molecule has 0 bridgehead atoms. The first-order valence-electron chi connectivity index (χ1n) is 4.28. The Morgan fingerprint density at radius 3 is 2.60 bits per heavy atom. The van der Waals surface area contributed by atoms with Crippen molar-refractivity contribution in [3.05, 3.63) is 0 Å². The molecule has 0 aromatic rings. The van der Waals surface area contributed by atoms with Crippen LogP contribution in [-0.2, 0) is 0 Å². The summed E-state index contributed by atoms with van der Waals surface area (Å²) in [6, 6.07) is 0. The molecule has 2 fully saturated rings. The van der Waals surface area contributed by atoms with Gasteiger partial charge >= 0.3 is 0 Å². The number of piperidine rings is 1. The molecular weight excluding hydrogens is 124 g/mol. The van der Waals surface area contributed by atoms with Gasteiger partial charge in [-0.05, 0) is 50.2 Å². The Hall–Kier alpha value is -0.0800. The minimum atomic E-state index is 0.708. The lowest BCUT2D eigenvalue weighted by Crippen LogP contribution is -2.30. The predicted octanol–water partition coefficient (Wildman–Crippen LogP) is 0.335. The molecule has 10 heavy (non-hydrogen) atoms. The van der Waals surface area contributed by atoms with Crippen LogP contribution in [0.4, 0.5) is 0 Å². The lowest BCUT2D eigenvalue weighted by molar-refractivity contribution is 0.325. The zero-order valence-corrected chi connectivity index (χ0v) is 6.40. The highest BCUT2D eigenvalue weighted by Crippen LogP contribution is 2.57. The molecule has 1 aliphatic heterocycles. The average molecular weight is 140 g/mol. The normalized spacial score (nSPS) is 36.3. The summed E-state index contributed by atoms with van der Waals surface area (Å²) in [6.45, 7) is 3.35. The first kappa shape index (κ1) is 6.62. The third kappa shape index (κ3) is 0.867. The molecule has 0 amide bonds. The molecule has 0 aromatic carbocycles. The van der Waals surface area contributed by atoms with Crippen LogP contribution in [0.1, 0.15) is 19.3 Å². The maximum atomic E-state index is 5.62. The summed E-state index contributed by atoms with van der Waals surface area (Å²) in [5, 5.41) is 3.38. The fraction of sp³-hybridized carbons (Fsp3) is 1.00. The Balaban J connectivity index is 1.92. The van der Waals surface area contributed by atoms with Crippen molar-refractivity contribution in [1.29, 1.82) is 0 Å². The van der Waals surface area contributed by atoms with Gasteiger partial charge in [-0.15, -0.1) is 0 Å². The van der Waals surface area contributed by atoms with E-state index >= 15 is 0 Å². The molecule has 3 N–H and O–H groups in total. The third-order valence-corrected chi connectivity index (χ3v) is 3.24. The first-order valence-corrected chi connectivity index (χ1v) is 4.28. The van der Waals surface area contributed by atoms with Gasteiger partial charge in [-0.2, -0.15) is 0 Å². The molecule has 1 saturated carbocycles. The van der Waals surface area contributed by atoms with E-state index in [1.165, 1.54) is 32.4 Å². The van der Waals surface area contributed by atoms with E-state index in [2.05, 4.69) is 5.32 Å². The van der Waals surface area contributed by atoms with E-state index in [9.17, 15) is 0 Å². The monoisotopic (exact) mass is 140 g/mol. The summed E-state index contributed by atoms with van der Waals surface area (Å²) >= 11 is 0. The summed E-state index contributed by atoms with van der Waals surface area (Å²) < 4.78 is 0. The van der Waals surface area contributed by atoms with E-state index in [0.717, 1.165) is 12.5 Å². The number of hydrogen-bond donors (Lipinski definition) is 2. The van der Waals surface area contributed by atoms with Crippen molar-refractivity contribution in [1.82, 2.24) is 5.32 Å². The predicted molar refractivity (Wildman–Crippen MR) is 41.7 cm³/mol. The highest BCUT2D eigenvalue weighted by atomic mass is 14.9. The molecule has 2 nitrogen and oxygen atoms in total. The van der Waals surface area contributed by atoms with E-state index in [1.54, 1.807) is 0 Å². The van der Waals surface area contributed by atoms with Gasteiger partial charge in [-0.3, -0.25) is 0 Å². The molecule has 0 aromatic heterocycles. The van der Waals surface area contributed by atoms with E-state index in [4.69, 9.17) is 5.73 Å². The van der Waals surface area contributed by atoms with Crippen LogP contribution in [0.5, 0.6) is 0 Å². The van der Waals surface area contributed by atoms with Gasteiger partial charge in [0.1, 0.15) is 0 Å². The van der Waals surface area contributed by atoms with Crippen LogP contribution in [0.15, 0.2) is 0 Å². The second-order valence-corrected chi connectivity index (χ2v) is 3.75. The Kier molecular flexibility index (Phi) is 1.46. The Morgan fingerprint density at radius 1 is 1.40 bits per heavy atom.